The van der Waals surface area contributed by atoms with Crippen molar-refractivity contribution in [3.63, 3.8) is 0 Å². The third-order valence-electron chi connectivity index (χ3n) is 3.00. The maximum Gasteiger partial charge on any atom is 0.267 e. The summed E-state index contributed by atoms with van der Waals surface area (Å²) >= 11 is 6.60. The number of ether oxygens (including phenoxy) is 1. The second kappa shape index (κ2) is 5.42. The van der Waals surface area contributed by atoms with Crippen molar-refractivity contribution >= 4 is 33.8 Å². The van der Waals surface area contributed by atoms with Gasteiger partial charge >= 0.3 is 0 Å². The molecule has 0 aliphatic carbocycles. The monoisotopic (exact) mass is 322 g/mol. The van der Waals surface area contributed by atoms with Gasteiger partial charge in [-0.2, -0.15) is 0 Å². The number of benzene rings is 1. The molecule has 0 amide bonds. The smallest absolute Gasteiger partial charge is 0.267 e. The van der Waals surface area contributed by atoms with E-state index in [1.165, 1.54) is 28.0 Å². The van der Waals surface area contributed by atoms with E-state index >= 15 is 0 Å². The third-order valence-corrected chi connectivity index (χ3v) is 4.11. The first-order valence-electron chi connectivity index (χ1n) is 6.27. The average Bonchev–Trinajstić information content (AvgIpc) is 2.90. The van der Waals surface area contributed by atoms with E-state index in [1.807, 2.05) is 0 Å². The number of rotatable bonds is 3. The van der Waals surface area contributed by atoms with Crippen molar-refractivity contribution in [2.45, 2.75) is 6.92 Å². The van der Waals surface area contributed by atoms with E-state index in [0.717, 1.165) is 0 Å². The molecule has 108 valence electrons. The number of halogens is 1. The molecule has 7 heteroatoms. The Balaban J connectivity index is 2.23. The number of H-pyrrole nitrogens is 1. The summed E-state index contributed by atoms with van der Waals surface area (Å²) in [5.74, 6) is -0.373. The van der Waals surface area contributed by atoms with Crippen LogP contribution in [0.1, 0.15) is 6.92 Å². The molecule has 2 aromatic heterocycles. The minimum absolute atomic E-state index is 0.154. The highest BCUT2D eigenvalue weighted by Crippen LogP contribution is 2.21. The van der Waals surface area contributed by atoms with Crippen molar-refractivity contribution < 1.29 is 9.13 Å². The maximum absolute atomic E-state index is 14.0. The van der Waals surface area contributed by atoms with Gasteiger partial charge in [-0.3, -0.25) is 9.36 Å². The van der Waals surface area contributed by atoms with Crippen LogP contribution in [0.3, 0.4) is 0 Å². The van der Waals surface area contributed by atoms with Gasteiger partial charge in [0, 0.05) is 6.07 Å². The lowest BCUT2D eigenvalue weighted by atomic mass is 10.2. The van der Waals surface area contributed by atoms with Crippen molar-refractivity contribution in [1.29, 1.82) is 0 Å². The molecule has 0 fully saturated rings. The lowest BCUT2D eigenvalue weighted by Crippen LogP contribution is -2.19. The fourth-order valence-electron chi connectivity index (χ4n) is 2.08. The number of hydrogen-bond acceptors (Lipinski definition) is 4. The number of thiophene rings is 1. The van der Waals surface area contributed by atoms with Gasteiger partial charge in [-0.25, -0.2) is 4.39 Å². The van der Waals surface area contributed by atoms with E-state index in [1.54, 1.807) is 24.4 Å². The summed E-state index contributed by atoms with van der Waals surface area (Å²) in [6, 6.07) is 6.06. The zero-order chi connectivity index (χ0) is 15.0. The first kappa shape index (κ1) is 14.0. The Morgan fingerprint density at radius 1 is 1.43 bits per heavy atom. The van der Waals surface area contributed by atoms with E-state index in [2.05, 4.69) is 4.98 Å². The summed E-state index contributed by atoms with van der Waals surface area (Å²) < 4.78 is 20.6. The molecule has 0 atom stereocenters. The van der Waals surface area contributed by atoms with Crippen LogP contribution in [-0.4, -0.2) is 16.2 Å². The topological polar surface area (TPSA) is 47.0 Å². The minimum Gasteiger partial charge on any atom is -0.491 e. The zero-order valence-electron chi connectivity index (χ0n) is 11.1. The summed E-state index contributed by atoms with van der Waals surface area (Å²) in [6.07, 6.45) is 0. The molecule has 4 nitrogen and oxygen atoms in total. The van der Waals surface area contributed by atoms with Crippen LogP contribution in [-0.2, 0) is 0 Å². The van der Waals surface area contributed by atoms with Crippen LogP contribution in [0.15, 0.2) is 34.4 Å². The fourth-order valence-corrected chi connectivity index (χ4v) is 3.21. The lowest BCUT2D eigenvalue weighted by molar-refractivity contribution is 0.321. The first-order valence-corrected chi connectivity index (χ1v) is 7.56. The maximum atomic E-state index is 14.0. The van der Waals surface area contributed by atoms with Crippen molar-refractivity contribution in [1.82, 2.24) is 9.55 Å². The fraction of sp³-hybridized carbons (Fsp3) is 0.143. The molecular weight excluding hydrogens is 311 g/mol. The first-order chi connectivity index (χ1) is 10.1. The van der Waals surface area contributed by atoms with Crippen molar-refractivity contribution in [2.24, 2.45) is 0 Å². The molecule has 0 radical (unpaired) electrons. The van der Waals surface area contributed by atoms with Gasteiger partial charge in [-0.05, 0) is 42.7 Å². The summed E-state index contributed by atoms with van der Waals surface area (Å²) in [7, 11) is 0. The van der Waals surface area contributed by atoms with E-state index in [4.69, 9.17) is 17.0 Å². The molecule has 0 unspecified atom stereocenters. The van der Waals surface area contributed by atoms with E-state index in [9.17, 15) is 9.18 Å². The number of aromatic nitrogens is 2. The summed E-state index contributed by atoms with van der Waals surface area (Å²) in [5.41, 5.74) is 0.105. The van der Waals surface area contributed by atoms with Gasteiger partial charge in [-0.15, -0.1) is 11.3 Å². The third kappa shape index (κ3) is 2.38. The van der Waals surface area contributed by atoms with Gasteiger partial charge in [0.05, 0.1) is 17.7 Å². The quantitative estimate of drug-likeness (QED) is 0.749. The lowest BCUT2D eigenvalue weighted by Gasteiger charge is -2.09. The number of hydrogen-bond donors (Lipinski definition) is 1. The number of fused-ring (bicyclic) bond motifs is 1. The number of nitrogens with one attached hydrogen (secondary N) is 1. The zero-order valence-corrected chi connectivity index (χ0v) is 12.7. The van der Waals surface area contributed by atoms with Crippen LogP contribution in [0, 0.1) is 10.6 Å². The molecular formula is C14H11FN2O2S2. The Hall–Kier alpha value is -1.99. The summed E-state index contributed by atoms with van der Waals surface area (Å²) in [6.45, 7) is 2.15. The average molecular weight is 322 g/mol. The molecule has 3 aromatic rings. The Bertz CT molecular complexity index is 927. The van der Waals surface area contributed by atoms with Crippen molar-refractivity contribution in [2.75, 3.05) is 6.61 Å². The molecule has 1 aromatic carbocycles. The molecule has 0 aliphatic heterocycles. The molecule has 0 saturated heterocycles. The van der Waals surface area contributed by atoms with Crippen LogP contribution in [0.25, 0.3) is 15.9 Å². The number of aromatic amines is 1. The SMILES string of the molecule is CCOc1ccc(-n2c(=S)[nH]c3sccc3c2=O)cc1F. The van der Waals surface area contributed by atoms with Crippen LogP contribution >= 0.6 is 23.6 Å². The highest BCUT2D eigenvalue weighted by atomic mass is 32.1. The van der Waals surface area contributed by atoms with E-state index < -0.39 is 5.82 Å². The van der Waals surface area contributed by atoms with Gasteiger partial charge in [0.2, 0.25) is 0 Å². The molecule has 3 rings (SSSR count). The normalized spacial score (nSPS) is 11.0. The van der Waals surface area contributed by atoms with Gasteiger partial charge < -0.3 is 9.72 Å². The van der Waals surface area contributed by atoms with Crippen LogP contribution in [0.4, 0.5) is 4.39 Å². The predicted octanol–water partition coefficient (Wildman–Crippen LogP) is 3.65. The second-order valence-electron chi connectivity index (χ2n) is 4.28. The van der Waals surface area contributed by atoms with Crippen LogP contribution in [0.5, 0.6) is 5.75 Å². The molecule has 0 spiro atoms. The molecule has 0 bridgehead atoms. The van der Waals surface area contributed by atoms with Gasteiger partial charge in [0.15, 0.2) is 16.3 Å². The Morgan fingerprint density at radius 3 is 2.95 bits per heavy atom. The molecule has 21 heavy (non-hydrogen) atoms. The van der Waals surface area contributed by atoms with E-state index in [0.29, 0.717) is 22.5 Å². The van der Waals surface area contributed by atoms with Gasteiger partial charge in [0.25, 0.3) is 5.56 Å². The highest BCUT2D eigenvalue weighted by Gasteiger charge is 2.11. The molecule has 0 aliphatic rings. The van der Waals surface area contributed by atoms with E-state index in [-0.39, 0.29) is 16.1 Å². The molecule has 2 heterocycles. The van der Waals surface area contributed by atoms with Crippen LogP contribution < -0.4 is 10.3 Å². The summed E-state index contributed by atoms with van der Waals surface area (Å²) in [5, 5.41) is 2.34. The number of nitrogens with zero attached hydrogens (tertiary/aromatic N) is 1. The van der Waals surface area contributed by atoms with Crippen molar-refractivity contribution in [3.8, 4) is 11.4 Å². The largest absolute Gasteiger partial charge is 0.491 e. The Kier molecular flexibility index (Phi) is 3.60. The Labute approximate surface area is 128 Å². The van der Waals surface area contributed by atoms with Crippen molar-refractivity contribution in [3.05, 3.63) is 50.6 Å². The van der Waals surface area contributed by atoms with Gasteiger partial charge in [-0.1, -0.05) is 0 Å². The highest BCUT2D eigenvalue weighted by molar-refractivity contribution is 7.71. The van der Waals surface area contributed by atoms with Gasteiger partial charge in [0.1, 0.15) is 4.83 Å². The summed E-state index contributed by atoms with van der Waals surface area (Å²) in [4.78, 5) is 16.2. The second-order valence-corrected chi connectivity index (χ2v) is 5.58. The Morgan fingerprint density at radius 2 is 2.24 bits per heavy atom. The molecule has 0 saturated carbocycles. The molecule has 1 N–H and O–H groups in total. The van der Waals surface area contributed by atoms with Crippen LogP contribution in [0.2, 0.25) is 0 Å². The predicted molar refractivity (Wildman–Crippen MR) is 83.7 cm³/mol. The standard InChI is InChI=1S/C14H11FN2O2S2/c1-2-19-11-4-3-8(7-10(11)15)17-13(18)9-5-6-21-12(9)16-14(17)20/h3-7H,2H2,1H3,(H,16,20). The minimum atomic E-state index is -0.527.